The molecule has 0 saturated carbocycles. The van der Waals surface area contributed by atoms with Gasteiger partial charge in [-0.2, -0.15) is 0 Å². The lowest BCUT2D eigenvalue weighted by molar-refractivity contribution is -0.117. The molecule has 210 valence electrons. The number of thioether (sulfide) groups is 1. The number of carbonyl (C=O) groups is 1. The number of phenols is 2. The molecule has 10 nitrogen and oxygen atoms in total. The molecule has 42 heavy (non-hydrogen) atoms. The fourth-order valence-corrected chi connectivity index (χ4v) is 6.57. The zero-order valence-corrected chi connectivity index (χ0v) is 24.1. The Labute approximate surface area is 249 Å². The first kappa shape index (κ1) is 27.4. The molecule has 1 aromatic heterocycles. The van der Waals surface area contributed by atoms with Crippen LogP contribution in [0.1, 0.15) is 17.9 Å². The van der Waals surface area contributed by atoms with E-state index >= 15 is 0 Å². The predicted molar refractivity (Wildman–Crippen MR) is 164 cm³/mol. The normalized spacial score (nSPS) is 17.2. The van der Waals surface area contributed by atoms with Gasteiger partial charge in [0.05, 0.1) is 34.0 Å². The number of nitrogens with zero attached hydrogens (tertiary/aromatic N) is 6. The first-order chi connectivity index (χ1) is 20.4. The molecule has 0 bridgehead atoms. The Morgan fingerprint density at radius 2 is 1.67 bits per heavy atom. The van der Waals surface area contributed by atoms with Crippen molar-refractivity contribution < 1.29 is 19.7 Å². The molecule has 0 spiro atoms. The quantitative estimate of drug-likeness (QED) is 0.181. The number of methoxy groups -OCH3 is 1. The molecular weight excluding hydrogens is 573 g/mol. The minimum atomic E-state index is -0.632. The number of para-hydroxylation sites is 2. The number of hydrogen-bond acceptors (Lipinski definition) is 11. The number of thiazole rings is 1. The van der Waals surface area contributed by atoms with Gasteiger partial charge in [0, 0.05) is 11.6 Å². The summed E-state index contributed by atoms with van der Waals surface area (Å²) in [6.45, 7) is 1.80. The molecule has 2 heterocycles. The maximum absolute atomic E-state index is 13.5. The van der Waals surface area contributed by atoms with E-state index in [9.17, 15) is 15.0 Å². The number of aromatic nitrogens is 1. The molecule has 0 aliphatic carbocycles. The molecule has 5 aromatic rings. The third kappa shape index (κ3) is 5.41. The predicted octanol–water partition coefficient (Wildman–Crippen LogP) is 8.71. The summed E-state index contributed by atoms with van der Waals surface area (Å²) in [7, 11) is 1.55. The van der Waals surface area contributed by atoms with Crippen molar-refractivity contribution in [1.82, 2.24) is 4.98 Å². The van der Waals surface area contributed by atoms with Crippen molar-refractivity contribution in [2.75, 3.05) is 12.0 Å². The summed E-state index contributed by atoms with van der Waals surface area (Å²) in [5.41, 5.74) is 3.02. The third-order valence-corrected chi connectivity index (χ3v) is 8.79. The molecule has 12 heteroatoms. The summed E-state index contributed by atoms with van der Waals surface area (Å²) < 4.78 is 6.37. The topological polar surface area (TPSA) is 132 Å². The summed E-state index contributed by atoms with van der Waals surface area (Å²) in [6, 6.07) is 24.3. The van der Waals surface area contributed by atoms with Gasteiger partial charge in [0.2, 0.25) is 11.0 Å². The Balaban J connectivity index is 1.36. The second-order valence-electron chi connectivity index (χ2n) is 9.29. The van der Waals surface area contributed by atoms with Gasteiger partial charge < -0.3 is 14.9 Å². The Morgan fingerprint density at radius 3 is 2.50 bits per heavy atom. The minimum absolute atomic E-state index is 0.00399. The lowest BCUT2D eigenvalue weighted by atomic mass is 10.1. The average molecular weight is 597 g/mol. The molecule has 4 aromatic carbocycles. The summed E-state index contributed by atoms with van der Waals surface area (Å²) in [5.74, 6) is 0.295. The zero-order chi connectivity index (χ0) is 29.2. The lowest BCUT2D eigenvalue weighted by Crippen LogP contribution is -2.30. The van der Waals surface area contributed by atoms with Crippen molar-refractivity contribution in [2.24, 2.45) is 20.5 Å². The first-order valence-electron chi connectivity index (χ1n) is 12.9. The third-order valence-electron chi connectivity index (χ3n) is 6.53. The monoisotopic (exact) mass is 596 g/mol. The summed E-state index contributed by atoms with van der Waals surface area (Å²) in [5, 5.41) is 38.2. The smallest absolute Gasteiger partial charge is 0.241 e. The van der Waals surface area contributed by atoms with Gasteiger partial charge in [0.25, 0.3) is 0 Å². The number of ether oxygens (including phenoxy) is 1. The van der Waals surface area contributed by atoms with Gasteiger partial charge in [0.15, 0.2) is 0 Å². The number of amides is 1. The van der Waals surface area contributed by atoms with Crippen molar-refractivity contribution in [2.45, 2.75) is 17.5 Å². The van der Waals surface area contributed by atoms with Crippen LogP contribution in [-0.4, -0.2) is 33.5 Å². The van der Waals surface area contributed by atoms with Gasteiger partial charge in [-0.05, 0) is 61.5 Å². The van der Waals surface area contributed by atoms with E-state index in [0.29, 0.717) is 39.2 Å². The van der Waals surface area contributed by atoms with Gasteiger partial charge in [-0.15, -0.1) is 32.2 Å². The number of benzene rings is 4. The highest BCUT2D eigenvalue weighted by atomic mass is 32.2. The largest absolute Gasteiger partial charge is 0.508 e. The van der Waals surface area contributed by atoms with Crippen LogP contribution in [0.2, 0.25) is 0 Å². The number of carbonyl (C=O) groups excluding carboxylic acids is 1. The van der Waals surface area contributed by atoms with E-state index in [4.69, 9.17) is 4.74 Å². The minimum Gasteiger partial charge on any atom is -0.508 e. The summed E-state index contributed by atoms with van der Waals surface area (Å²) >= 11 is 2.79. The Morgan fingerprint density at radius 1 is 0.881 bits per heavy atom. The van der Waals surface area contributed by atoms with E-state index in [1.165, 1.54) is 46.2 Å². The van der Waals surface area contributed by atoms with Crippen LogP contribution in [0.25, 0.3) is 10.2 Å². The number of phenolic OH excluding ortho intramolecular Hbond substituents is 2. The summed E-state index contributed by atoms with van der Waals surface area (Å²) in [4.78, 5) is 19.5. The zero-order valence-electron chi connectivity index (χ0n) is 22.4. The van der Waals surface area contributed by atoms with E-state index < -0.39 is 10.6 Å². The van der Waals surface area contributed by atoms with Gasteiger partial charge in [-0.3, -0.25) is 9.69 Å². The molecule has 2 unspecified atom stereocenters. The van der Waals surface area contributed by atoms with Crippen LogP contribution in [0, 0.1) is 0 Å². The van der Waals surface area contributed by atoms with Crippen molar-refractivity contribution in [3.05, 3.63) is 90.5 Å². The van der Waals surface area contributed by atoms with Crippen LogP contribution in [0.15, 0.2) is 105 Å². The van der Waals surface area contributed by atoms with E-state index in [-0.39, 0.29) is 17.4 Å². The molecule has 1 fully saturated rings. The van der Waals surface area contributed by atoms with Crippen LogP contribution in [-0.2, 0) is 4.79 Å². The molecule has 6 rings (SSSR count). The molecule has 1 aliphatic heterocycles. The first-order valence-corrected chi connectivity index (χ1v) is 14.6. The Kier molecular flexibility index (Phi) is 7.55. The highest BCUT2D eigenvalue weighted by Crippen LogP contribution is 2.51. The molecule has 1 saturated heterocycles. The molecule has 0 radical (unpaired) electrons. The fourth-order valence-electron chi connectivity index (χ4n) is 4.50. The molecular formula is C30H24N6O4S2. The highest BCUT2D eigenvalue weighted by Gasteiger charge is 2.42. The van der Waals surface area contributed by atoms with Crippen LogP contribution in [0.3, 0.4) is 0 Å². The molecule has 1 amide bonds. The molecule has 2 atom stereocenters. The van der Waals surface area contributed by atoms with E-state index in [1.807, 2.05) is 36.4 Å². The second-order valence-corrected chi connectivity index (χ2v) is 11.7. The average Bonchev–Trinajstić information content (AvgIpc) is 3.55. The fraction of sp³-hybridized carbons (Fsp3) is 0.133. The van der Waals surface area contributed by atoms with Crippen molar-refractivity contribution in [3.8, 4) is 17.2 Å². The van der Waals surface area contributed by atoms with Crippen LogP contribution in [0.5, 0.6) is 17.2 Å². The van der Waals surface area contributed by atoms with Crippen LogP contribution >= 0.6 is 23.1 Å². The van der Waals surface area contributed by atoms with Gasteiger partial charge >= 0.3 is 0 Å². The lowest BCUT2D eigenvalue weighted by Gasteiger charge is -2.26. The number of azo groups is 2. The SMILES string of the molecule is COc1ccccc1N=Nc1ccc(O)cc1N1C(=O)C(C)SC1c1cc(N=Nc2nc3ccccc3s2)ccc1O. The van der Waals surface area contributed by atoms with Crippen molar-refractivity contribution in [3.63, 3.8) is 0 Å². The standard InChI is InChI=1S/C30H24N6O4S2/c1-17-28(39)36(24-16-19(37)12-13-21(24)33-34-22-7-3-5-9-26(22)40-2)29(41-17)20-15-18(11-14-25(20)38)32-35-30-31-23-8-4-6-10-27(23)42-30/h3-17,29,37-38H,1-2H3. The maximum atomic E-state index is 13.5. The van der Waals surface area contributed by atoms with E-state index in [1.54, 1.807) is 44.4 Å². The number of fused-ring (bicyclic) bond motifs is 1. The summed E-state index contributed by atoms with van der Waals surface area (Å²) in [6.07, 6.45) is 0. The number of aromatic hydroxyl groups is 2. The van der Waals surface area contributed by atoms with Crippen molar-refractivity contribution >= 4 is 67.1 Å². The second kappa shape index (κ2) is 11.6. The van der Waals surface area contributed by atoms with Gasteiger partial charge in [-0.1, -0.05) is 35.6 Å². The maximum Gasteiger partial charge on any atom is 0.241 e. The van der Waals surface area contributed by atoms with Gasteiger partial charge in [0.1, 0.15) is 34.0 Å². The van der Waals surface area contributed by atoms with E-state index in [0.717, 1.165) is 10.2 Å². The number of hydrogen-bond donors (Lipinski definition) is 2. The molecule has 2 N–H and O–H groups in total. The Hall–Kier alpha value is -4.81. The van der Waals surface area contributed by atoms with E-state index in [2.05, 4.69) is 25.4 Å². The Bertz CT molecular complexity index is 1820. The van der Waals surface area contributed by atoms with Crippen molar-refractivity contribution in [1.29, 1.82) is 0 Å². The molecule has 1 aliphatic rings. The van der Waals surface area contributed by atoms with Crippen LogP contribution < -0.4 is 9.64 Å². The number of rotatable bonds is 7. The van der Waals surface area contributed by atoms with Gasteiger partial charge in [-0.25, -0.2) is 4.98 Å². The number of anilines is 1. The highest BCUT2D eigenvalue weighted by molar-refractivity contribution is 8.01. The van der Waals surface area contributed by atoms with Crippen LogP contribution in [0.4, 0.5) is 27.9 Å².